The fraction of sp³-hybridized carbons (Fsp3) is 0.944. The summed E-state index contributed by atoms with van der Waals surface area (Å²) in [6, 6.07) is 0.332. The van der Waals surface area contributed by atoms with Crippen molar-refractivity contribution in [2.24, 2.45) is 29.1 Å². The molecule has 4 aliphatic carbocycles. The van der Waals surface area contributed by atoms with Gasteiger partial charge in [-0.3, -0.25) is 4.79 Å². The van der Waals surface area contributed by atoms with Crippen LogP contribution in [0.1, 0.15) is 58.3 Å². The van der Waals surface area contributed by atoms with Crippen molar-refractivity contribution < 1.29 is 4.79 Å². The standard InChI is InChI=1S/C18H30N2O.ClH/c1-12(16-3-2-4-19-11-16)20-17(21)18-8-13-5-14(9-18)7-15(6-13)10-18;/h12-16,19H,2-11H2,1H3,(H,20,21);1H. The fourth-order valence-electron chi connectivity index (χ4n) is 6.17. The van der Waals surface area contributed by atoms with Gasteiger partial charge in [-0.05, 0) is 95.1 Å². The fourth-order valence-corrected chi connectivity index (χ4v) is 6.17. The minimum atomic E-state index is 0. The van der Waals surface area contributed by atoms with E-state index in [4.69, 9.17) is 0 Å². The topological polar surface area (TPSA) is 41.1 Å². The van der Waals surface area contributed by atoms with Crippen LogP contribution in [0.25, 0.3) is 0 Å². The highest BCUT2D eigenvalue weighted by Gasteiger charge is 2.54. The third kappa shape index (κ3) is 2.91. The highest BCUT2D eigenvalue weighted by atomic mass is 35.5. The Labute approximate surface area is 140 Å². The maximum Gasteiger partial charge on any atom is 0.226 e. The lowest BCUT2D eigenvalue weighted by atomic mass is 9.49. The first kappa shape index (κ1) is 16.6. The van der Waals surface area contributed by atoms with Crippen LogP contribution < -0.4 is 10.6 Å². The summed E-state index contributed by atoms with van der Waals surface area (Å²) in [5.74, 6) is 3.59. The molecular weight excluding hydrogens is 296 g/mol. The van der Waals surface area contributed by atoms with E-state index in [1.54, 1.807) is 0 Å². The third-order valence-corrected chi connectivity index (χ3v) is 6.92. The van der Waals surface area contributed by atoms with Crippen LogP contribution in [0, 0.1) is 29.1 Å². The van der Waals surface area contributed by atoms with Gasteiger partial charge in [0.15, 0.2) is 0 Å². The SMILES string of the molecule is CC(NC(=O)C12CC3CC(CC(C3)C1)C2)C1CCCNC1.Cl. The Bertz CT molecular complexity index is 384. The van der Waals surface area contributed by atoms with E-state index in [9.17, 15) is 4.79 Å². The van der Waals surface area contributed by atoms with Gasteiger partial charge >= 0.3 is 0 Å². The van der Waals surface area contributed by atoms with Gasteiger partial charge in [-0.2, -0.15) is 0 Å². The summed E-state index contributed by atoms with van der Waals surface area (Å²) in [7, 11) is 0. The van der Waals surface area contributed by atoms with Crippen molar-refractivity contribution in [1.82, 2.24) is 10.6 Å². The van der Waals surface area contributed by atoms with Gasteiger partial charge in [0, 0.05) is 11.5 Å². The molecule has 4 heteroatoms. The molecule has 1 saturated heterocycles. The molecule has 2 atom stereocenters. The van der Waals surface area contributed by atoms with Crippen LogP contribution >= 0.6 is 12.4 Å². The average molecular weight is 327 g/mol. The van der Waals surface area contributed by atoms with Crippen molar-refractivity contribution in [1.29, 1.82) is 0 Å². The molecule has 0 aromatic heterocycles. The van der Waals surface area contributed by atoms with Gasteiger partial charge < -0.3 is 10.6 Å². The molecule has 126 valence electrons. The Kier molecular flexibility index (Phi) is 4.76. The van der Waals surface area contributed by atoms with Gasteiger partial charge in [0.2, 0.25) is 5.91 Å². The van der Waals surface area contributed by atoms with Gasteiger partial charge in [-0.1, -0.05) is 0 Å². The molecule has 1 aliphatic heterocycles. The Morgan fingerprint density at radius 3 is 2.23 bits per heavy atom. The molecule has 4 bridgehead atoms. The zero-order chi connectivity index (χ0) is 14.4. The molecule has 0 radical (unpaired) electrons. The Balaban J connectivity index is 0.00000144. The van der Waals surface area contributed by atoms with Crippen LogP contribution in [0.4, 0.5) is 0 Å². The maximum atomic E-state index is 13.0. The minimum Gasteiger partial charge on any atom is -0.353 e. The quantitative estimate of drug-likeness (QED) is 0.836. The van der Waals surface area contributed by atoms with Crippen molar-refractivity contribution in [3.63, 3.8) is 0 Å². The highest BCUT2D eigenvalue weighted by Crippen LogP contribution is 2.60. The molecule has 3 nitrogen and oxygen atoms in total. The van der Waals surface area contributed by atoms with Crippen LogP contribution in [-0.4, -0.2) is 25.0 Å². The zero-order valence-corrected chi connectivity index (χ0v) is 14.6. The first-order valence-electron chi connectivity index (χ1n) is 9.16. The lowest BCUT2D eigenvalue weighted by Gasteiger charge is -2.56. The number of rotatable bonds is 3. The Morgan fingerprint density at radius 1 is 1.14 bits per heavy atom. The number of carbonyl (C=O) groups is 1. The van der Waals surface area contributed by atoms with Crippen molar-refractivity contribution in [2.75, 3.05) is 13.1 Å². The van der Waals surface area contributed by atoms with Crippen LogP contribution in [0.15, 0.2) is 0 Å². The monoisotopic (exact) mass is 326 g/mol. The summed E-state index contributed by atoms with van der Waals surface area (Å²) in [5.41, 5.74) is 0.0190. The first-order chi connectivity index (χ1) is 10.1. The van der Waals surface area contributed by atoms with Crippen molar-refractivity contribution in [3.8, 4) is 0 Å². The number of piperidine rings is 1. The molecule has 1 heterocycles. The molecule has 1 amide bonds. The molecule has 5 aliphatic rings. The van der Waals surface area contributed by atoms with Gasteiger partial charge in [0.1, 0.15) is 0 Å². The van der Waals surface area contributed by atoms with Gasteiger partial charge in [0.05, 0.1) is 0 Å². The van der Waals surface area contributed by atoms with Crippen molar-refractivity contribution in [2.45, 2.75) is 64.3 Å². The van der Waals surface area contributed by atoms with Crippen LogP contribution in [0.2, 0.25) is 0 Å². The molecule has 2 N–H and O–H groups in total. The van der Waals surface area contributed by atoms with E-state index in [-0.39, 0.29) is 17.8 Å². The molecule has 5 fully saturated rings. The smallest absolute Gasteiger partial charge is 0.226 e. The van der Waals surface area contributed by atoms with E-state index >= 15 is 0 Å². The van der Waals surface area contributed by atoms with Gasteiger partial charge in [0.25, 0.3) is 0 Å². The van der Waals surface area contributed by atoms with Crippen LogP contribution in [-0.2, 0) is 4.79 Å². The van der Waals surface area contributed by atoms with Crippen LogP contribution in [0.5, 0.6) is 0 Å². The lowest BCUT2D eigenvalue weighted by molar-refractivity contribution is -0.147. The summed E-state index contributed by atoms with van der Waals surface area (Å²) in [4.78, 5) is 13.0. The molecule has 0 aromatic rings. The normalized spacial score (nSPS) is 44.2. The zero-order valence-electron chi connectivity index (χ0n) is 13.8. The van der Waals surface area contributed by atoms with E-state index in [2.05, 4.69) is 17.6 Å². The number of halogens is 1. The second-order valence-electron chi connectivity index (χ2n) is 8.57. The molecule has 22 heavy (non-hydrogen) atoms. The van der Waals surface area contributed by atoms with Crippen molar-refractivity contribution in [3.05, 3.63) is 0 Å². The van der Waals surface area contributed by atoms with Gasteiger partial charge in [-0.25, -0.2) is 0 Å². The Morgan fingerprint density at radius 2 is 1.73 bits per heavy atom. The third-order valence-electron chi connectivity index (χ3n) is 6.92. The number of carbonyl (C=O) groups excluding carboxylic acids is 1. The summed E-state index contributed by atoms with van der Waals surface area (Å²) < 4.78 is 0. The first-order valence-corrected chi connectivity index (χ1v) is 9.16. The van der Waals surface area contributed by atoms with Crippen molar-refractivity contribution >= 4 is 18.3 Å². The molecule has 0 spiro atoms. The largest absolute Gasteiger partial charge is 0.353 e. The van der Waals surface area contributed by atoms with E-state index in [0.29, 0.717) is 17.9 Å². The molecule has 2 unspecified atom stereocenters. The van der Waals surface area contributed by atoms with E-state index in [1.165, 1.54) is 51.4 Å². The molecular formula is C18H31ClN2O. The predicted molar refractivity (Wildman–Crippen MR) is 91.1 cm³/mol. The second kappa shape index (κ2) is 6.32. The number of amides is 1. The lowest BCUT2D eigenvalue weighted by Crippen LogP contribution is -2.56. The maximum absolute atomic E-state index is 13.0. The van der Waals surface area contributed by atoms with E-state index in [0.717, 1.165) is 30.8 Å². The summed E-state index contributed by atoms with van der Waals surface area (Å²) in [5, 5.41) is 6.90. The molecule has 4 saturated carbocycles. The minimum absolute atomic E-state index is 0. The highest BCUT2D eigenvalue weighted by molar-refractivity contribution is 5.85. The average Bonchev–Trinajstić information content (AvgIpc) is 2.46. The van der Waals surface area contributed by atoms with Crippen LogP contribution in [0.3, 0.4) is 0 Å². The summed E-state index contributed by atoms with van der Waals surface area (Å²) in [6.07, 6.45) is 10.3. The predicted octanol–water partition coefficient (Wildman–Crippen LogP) is 3.13. The summed E-state index contributed by atoms with van der Waals surface area (Å²) in [6.45, 7) is 4.44. The van der Waals surface area contributed by atoms with E-state index < -0.39 is 0 Å². The summed E-state index contributed by atoms with van der Waals surface area (Å²) >= 11 is 0. The Hall–Kier alpha value is -0.280. The molecule has 5 rings (SSSR count). The second-order valence-corrected chi connectivity index (χ2v) is 8.57. The van der Waals surface area contributed by atoms with Gasteiger partial charge in [-0.15, -0.1) is 12.4 Å². The van der Waals surface area contributed by atoms with E-state index in [1.807, 2.05) is 0 Å². The molecule has 0 aromatic carbocycles. The number of hydrogen-bond acceptors (Lipinski definition) is 2. The number of nitrogens with one attached hydrogen (secondary N) is 2. The number of hydrogen-bond donors (Lipinski definition) is 2.